The van der Waals surface area contributed by atoms with Crippen molar-refractivity contribution >= 4 is 5.91 Å². The molecule has 26 heavy (non-hydrogen) atoms. The number of hydrogen-bond acceptors (Lipinski definition) is 4. The maximum Gasteiger partial charge on any atom is 0.328 e. The van der Waals surface area contributed by atoms with Gasteiger partial charge < -0.3 is 10.3 Å². The highest BCUT2D eigenvalue weighted by Crippen LogP contribution is 2.13. The molecule has 1 saturated heterocycles. The van der Waals surface area contributed by atoms with E-state index < -0.39 is 11.2 Å². The summed E-state index contributed by atoms with van der Waals surface area (Å²) in [6.45, 7) is 3.65. The summed E-state index contributed by atoms with van der Waals surface area (Å²) in [6, 6.07) is 8.20. The molecule has 1 aromatic heterocycles. The van der Waals surface area contributed by atoms with Gasteiger partial charge in [0.05, 0.1) is 6.42 Å². The van der Waals surface area contributed by atoms with Crippen LogP contribution in [0.15, 0.2) is 40.1 Å². The van der Waals surface area contributed by atoms with Crippen LogP contribution in [-0.2, 0) is 31.4 Å². The second-order valence-electron chi connectivity index (χ2n) is 6.74. The molecule has 2 aromatic rings. The van der Waals surface area contributed by atoms with E-state index in [0.717, 1.165) is 29.8 Å². The second-order valence-corrected chi connectivity index (χ2v) is 6.74. The molecule has 1 aliphatic rings. The van der Waals surface area contributed by atoms with E-state index in [0.29, 0.717) is 6.54 Å². The summed E-state index contributed by atoms with van der Waals surface area (Å²) in [5.74, 6) is -0.251. The number of benzene rings is 1. The lowest BCUT2D eigenvalue weighted by atomic mass is 10.1. The molecule has 138 valence electrons. The van der Waals surface area contributed by atoms with Crippen LogP contribution < -0.4 is 16.6 Å². The lowest BCUT2D eigenvalue weighted by molar-refractivity contribution is -0.120. The van der Waals surface area contributed by atoms with Gasteiger partial charge in [0.15, 0.2) is 0 Å². The molecule has 0 bridgehead atoms. The number of hydrogen-bond donors (Lipinski definition) is 2. The maximum absolute atomic E-state index is 12.1. The van der Waals surface area contributed by atoms with Gasteiger partial charge in [-0.05, 0) is 37.1 Å². The maximum atomic E-state index is 12.1. The molecule has 1 aromatic carbocycles. The van der Waals surface area contributed by atoms with Crippen LogP contribution in [0.1, 0.15) is 29.5 Å². The van der Waals surface area contributed by atoms with Crippen molar-refractivity contribution in [3.05, 3.63) is 68.0 Å². The zero-order chi connectivity index (χ0) is 18.5. The Balaban J connectivity index is 1.57. The normalized spacial score (nSPS) is 14.5. The first-order valence-electron chi connectivity index (χ1n) is 8.87. The van der Waals surface area contributed by atoms with Gasteiger partial charge in [-0.1, -0.05) is 24.3 Å². The number of amides is 1. The Kier molecular flexibility index (Phi) is 5.68. The highest BCUT2D eigenvalue weighted by molar-refractivity contribution is 5.78. The van der Waals surface area contributed by atoms with Gasteiger partial charge in [-0.15, -0.1) is 0 Å². The molecule has 7 nitrogen and oxygen atoms in total. The van der Waals surface area contributed by atoms with Gasteiger partial charge in [-0.3, -0.25) is 19.1 Å². The molecule has 1 fully saturated rings. The van der Waals surface area contributed by atoms with Crippen LogP contribution in [0.3, 0.4) is 0 Å². The Morgan fingerprint density at radius 3 is 2.69 bits per heavy atom. The second kappa shape index (κ2) is 8.14. The number of nitrogens with zero attached hydrogens (tertiary/aromatic N) is 2. The van der Waals surface area contributed by atoms with Crippen LogP contribution in [0.2, 0.25) is 0 Å². The van der Waals surface area contributed by atoms with Crippen molar-refractivity contribution in [3.8, 4) is 0 Å². The fraction of sp³-hybridized carbons (Fsp3) is 0.421. The van der Waals surface area contributed by atoms with Crippen molar-refractivity contribution in [2.75, 3.05) is 13.1 Å². The smallest absolute Gasteiger partial charge is 0.328 e. The predicted molar refractivity (Wildman–Crippen MR) is 98.8 cm³/mol. The van der Waals surface area contributed by atoms with Crippen LogP contribution in [0.25, 0.3) is 0 Å². The Labute approximate surface area is 151 Å². The third-order valence-corrected chi connectivity index (χ3v) is 4.69. The topological polar surface area (TPSA) is 87.2 Å². The minimum absolute atomic E-state index is 0.0586. The number of nitrogens with one attached hydrogen (secondary N) is 2. The van der Waals surface area contributed by atoms with Crippen LogP contribution in [0.5, 0.6) is 0 Å². The fourth-order valence-corrected chi connectivity index (χ4v) is 3.21. The van der Waals surface area contributed by atoms with Crippen molar-refractivity contribution in [2.24, 2.45) is 7.05 Å². The number of aromatic amines is 1. The summed E-state index contributed by atoms with van der Waals surface area (Å²) >= 11 is 0. The van der Waals surface area contributed by atoms with Crippen molar-refractivity contribution in [1.29, 1.82) is 0 Å². The first kappa shape index (κ1) is 18.1. The summed E-state index contributed by atoms with van der Waals surface area (Å²) in [5.41, 5.74) is 1.61. The van der Waals surface area contributed by atoms with E-state index in [-0.39, 0.29) is 17.9 Å². The highest BCUT2D eigenvalue weighted by atomic mass is 16.2. The molecule has 1 amide bonds. The highest BCUT2D eigenvalue weighted by Gasteiger charge is 2.12. The van der Waals surface area contributed by atoms with Crippen molar-refractivity contribution in [3.63, 3.8) is 0 Å². The molecule has 2 heterocycles. The summed E-state index contributed by atoms with van der Waals surface area (Å²) in [7, 11) is 1.38. The van der Waals surface area contributed by atoms with Gasteiger partial charge in [0.2, 0.25) is 5.91 Å². The minimum Gasteiger partial charge on any atom is -0.352 e. The number of likely N-dealkylation sites (tertiary alicyclic amines) is 1. The molecule has 0 atom stereocenters. The van der Waals surface area contributed by atoms with E-state index in [1.54, 1.807) is 0 Å². The number of carbonyl (C=O) groups excluding carboxylic acids is 1. The van der Waals surface area contributed by atoms with E-state index in [4.69, 9.17) is 0 Å². The monoisotopic (exact) mass is 356 g/mol. The third kappa shape index (κ3) is 4.49. The predicted octanol–water partition coefficient (Wildman–Crippen LogP) is 0.528. The Morgan fingerprint density at radius 2 is 1.92 bits per heavy atom. The lowest BCUT2D eigenvalue weighted by Gasteiger charge is -2.15. The largest absolute Gasteiger partial charge is 0.352 e. The molecule has 0 spiro atoms. The molecule has 0 unspecified atom stereocenters. The lowest BCUT2D eigenvalue weighted by Crippen LogP contribution is -2.36. The number of rotatable bonds is 6. The number of carbonyl (C=O) groups is 1. The van der Waals surface area contributed by atoms with Gasteiger partial charge in [0.1, 0.15) is 0 Å². The van der Waals surface area contributed by atoms with E-state index in [9.17, 15) is 14.4 Å². The Hall–Kier alpha value is -2.67. The quantitative estimate of drug-likeness (QED) is 0.790. The molecule has 0 radical (unpaired) electrons. The van der Waals surface area contributed by atoms with Crippen LogP contribution in [0.4, 0.5) is 0 Å². The molecule has 2 N–H and O–H groups in total. The Morgan fingerprint density at radius 1 is 1.19 bits per heavy atom. The summed E-state index contributed by atoms with van der Waals surface area (Å²) in [6.07, 6.45) is 3.78. The van der Waals surface area contributed by atoms with E-state index in [1.165, 1.54) is 31.6 Å². The van der Waals surface area contributed by atoms with Crippen LogP contribution >= 0.6 is 0 Å². The van der Waals surface area contributed by atoms with Gasteiger partial charge in [-0.25, -0.2) is 4.79 Å². The van der Waals surface area contributed by atoms with Gasteiger partial charge in [-0.2, -0.15) is 0 Å². The van der Waals surface area contributed by atoms with Gasteiger partial charge in [0, 0.05) is 31.9 Å². The summed E-state index contributed by atoms with van der Waals surface area (Å²) < 4.78 is 0.963. The zero-order valence-electron chi connectivity index (χ0n) is 15.0. The van der Waals surface area contributed by atoms with Crippen LogP contribution in [-0.4, -0.2) is 33.4 Å². The Bertz CT molecular complexity index is 894. The van der Waals surface area contributed by atoms with E-state index >= 15 is 0 Å². The summed E-state index contributed by atoms with van der Waals surface area (Å²) in [5, 5.41) is 2.84. The molecular weight excluding hydrogens is 332 g/mol. The van der Waals surface area contributed by atoms with E-state index in [2.05, 4.69) is 27.3 Å². The minimum atomic E-state index is -0.492. The molecule has 1 aliphatic heterocycles. The first-order valence-corrected chi connectivity index (χ1v) is 8.87. The van der Waals surface area contributed by atoms with Gasteiger partial charge >= 0.3 is 5.69 Å². The third-order valence-electron chi connectivity index (χ3n) is 4.69. The van der Waals surface area contributed by atoms with Crippen molar-refractivity contribution in [1.82, 2.24) is 19.8 Å². The van der Waals surface area contributed by atoms with E-state index in [1.807, 2.05) is 12.1 Å². The van der Waals surface area contributed by atoms with Crippen molar-refractivity contribution < 1.29 is 4.79 Å². The SMILES string of the molecule is Cn1c(=O)[nH]cc(CC(=O)NCc2cccc(CN3CCCC3)c2)c1=O. The van der Waals surface area contributed by atoms with Crippen molar-refractivity contribution in [2.45, 2.75) is 32.4 Å². The standard InChI is InChI=1S/C19H24N4O3/c1-22-18(25)16(12-21-19(22)26)10-17(24)20-11-14-5-4-6-15(9-14)13-23-7-2-3-8-23/h4-6,9,12H,2-3,7-8,10-11,13H2,1H3,(H,20,24)(H,21,26). The number of H-pyrrole nitrogens is 1. The summed E-state index contributed by atoms with van der Waals surface area (Å²) in [4.78, 5) is 40.3. The average Bonchev–Trinajstić information content (AvgIpc) is 3.14. The molecular formula is C19H24N4O3. The van der Waals surface area contributed by atoms with Crippen LogP contribution in [0, 0.1) is 0 Å². The number of aromatic nitrogens is 2. The zero-order valence-corrected chi connectivity index (χ0v) is 15.0. The van der Waals surface area contributed by atoms with Gasteiger partial charge in [0.25, 0.3) is 5.56 Å². The first-order chi connectivity index (χ1) is 12.5. The molecule has 3 rings (SSSR count). The molecule has 0 aliphatic carbocycles. The fourth-order valence-electron chi connectivity index (χ4n) is 3.21. The average molecular weight is 356 g/mol. The molecule has 7 heteroatoms. The molecule has 0 saturated carbocycles.